The molecule has 152 valence electrons. The number of pyridine rings is 1. The van der Waals surface area contributed by atoms with E-state index in [1.165, 1.54) is 25.7 Å². The van der Waals surface area contributed by atoms with E-state index in [-0.39, 0.29) is 12.1 Å². The maximum Gasteiger partial charge on any atom is 0.306 e. The van der Waals surface area contributed by atoms with Gasteiger partial charge in [0.15, 0.2) is 0 Å². The summed E-state index contributed by atoms with van der Waals surface area (Å²) in [4.78, 5) is 16.5. The molecule has 1 saturated heterocycles. The van der Waals surface area contributed by atoms with Crippen molar-refractivity contribution in [3.05, 3.63) is 59.9 Å². The summed E-state index contributed by atoms with van der Waals surface area (Å²) in [6.45, 7) is 0. The maximum absolute atomic E-state index is 11.9. The third-order valence-electron chi connectivity index (χ3n) is 7.30. The Kier molecular flexibility index (Phi) is 5.12. The molecule has 3 fully saturated rings. The Hall–Kier alpha value is -2.93. The minimum Gasteiger partial charge on any atom is -0.462 e. The predicted molar refractivity (Wildman–Crippen MR) is 115 cm³/mol. The van der Waals surface area contributed by atoms with Crippen LogP contribution in [-0.2, 0) is 9.53 Å². The Morgan fingerprint density at radius 3 is 2.70 bits per heavy atom. The van der Waals surface area contributed by atoms with Gasteiger partial charge in [-0.2, -0.15) is 5.26 Å². The van der Waals surface area contributed by atoms with Gasteiger partial charge in [0.1, 0.15) is 6.10 Å². The van der Waals surface area contributed by atoms with Gasteiger partial charge in [-0.25, -0.2) is 0 Å². The highest BCUT2D eigenvalue weighted by Gasteiger charge is 2.49. The van der Waals surface area contributed by atoms with Gasteiger partial charge >= 0.3 is 5.97 Å². The summed E-state index contributed by atoms with van der Waals surface area (Å²) in [5.74, 6) is 2.16. The van der Waals surface area contributed by atoms with E-state index in [0.29, 0.717) is 35.7 Å². The van der Waals surface area contributed by atoms with Crippen LogP contribution in [0.3, 0.4) is 0 Å². The van der Waals surface area contributed by atoms with Gasteiger partial charge in [-0.3, -0.25) is 9.78 Å². The lowest BCUT2D eigenvalue weighted by molar-refractivity contribution is -0.143. The van der Waals surface area contributed by atoms with Crippen LogP contribution in [0.15, 0.2) is 48.7 Å². The van der Waals surface area contributed by atoms with Crippen LogP contribution in [0, 0.1) is 35.0 Å². The van der Waals surface area contributed by atoms with E-state index in [9.17, 15) is 10.1 Å². The summed E-state index contributed by atoms with van der Waals surface area (Å²) in [5.41, 5.74) is 3.45. The molecule has 4 nitrogen and oxygen atoms in total. The molecule has 0 bridgehead atoms. The largest absolute Gasteiger partial charge is 0.462 e. The van der Waals surface area contributed by atoms with Crippen molar-refractivity contribution < 1.29 is 9.53 Å². The molecule has 5 atom stereocenters. The second-order valence-corrected chi connectivity index (χ2v) is 8.90. The van der Waals surface area contributed by atoms with Crippen LogP contribution in [-0.4, -0.2) is 17.1 Å². The minimum absolute atomic E-state index is 0.00569. The molecule has 1 aromatic carbocycles. The van der Waals surface area contributed by atoms with Gasteiger partial charge in [0.05, 0.1) is 23.7 Å². The van der Waals surface area contributed by atoms with E-state index in [4.69, 9.17) is 4.74 Å². The maximum atomic E-state index is 11.9. The second kappa shape index (κ2) is 8.07. The summed E-state index contributed by atoms with van der Waals surface area (Å²) in [6.07, 6.45) is 13.0. The molecular weight excluding hydrogens is 372 g/mol. The third-order valence-corrected chi connectivity index (χ3v) is 7.30. The molecule has 2 saturated carbocycles. The molecule has 0 unspecified atom stereocenters. The summed E-state index contributed by atoms with van der Waals surface area (Å²) in [7, 11) is 0. The molecule has 0 N–H and O–H groups in total. The van der Waals surface area contributed by atoms with Gasteiger partial charge in [0.2, 0.25) is 0 Å². The minimum atomic E-state index is -0.00569. The number of esters is 1. The van der Waals surface area contributed by atoms with Gasteiger partial charge < -0.3 is 4.74 Å². The molecular formula is C26H26N2O2. The average molecular weight is 399 g/mol. The van der Waals surface area contributed by atoms with Crippen LogP contribution in [0.25, 0.3) is 17.2 Å². The SMILES string of the molecule is N#Cc1ccccc1-c1ccc(/C=C/[C@@H]2C[C@@H]3OC(=O)C[C@H]3[C@@H]3CCCC[C@H]32)nc1. The van der Waals surface area contributed by atoms with Gasteiger partial charge in [-0.15, -0.1) is 0 Å². The van der Waals surface area contributed by atoms with Gasteiger partial charge in [-0.1, -0.05) is 43.2 Å². The number of hydrogen-bond acceptors (Lipinski definition) is 4. The summed E-state index contributed by atoms with van der Waals surface area (Å²) >= 11 is 0. The van der Waals surface area contributed by atoms with E-state index in [1.54, 1.807) is 0 Å². The summed E-state index contributed by atoms with van der Waals surface area (Å²) in [6, 6.07) is 13.9. The highest BCUT2D eigenvalue weighted by Crippen LogP contribution is 2.51. The van der Waals surface area contributed by atoms with E-state index >= 15 is 0 Å². The summed E-state index contributed by atoms with van der Waals surface area (Å²) < 4.78 is 5.67. The van der Waals surface area contributed by atoms with Crippen molar-refractivity contribution in [2.24, 2.45) is 23.7 Å². The Labute approximate surface area is 177 Å². The molecule has 2 aromatic rings. The first kappa shape index (κ1) is 19.1. The highest BCUT2D eigenvalue weighted by molar-refractivity contribution is 5.72. The van der Waals surface area contributed by atoms with Crippen molar-refractivity contribution in [1.29, 1.82) is 5.26 Å². The number of carbonyl (C=O) groups is 1. The van der Waals surface area contributed by atoms with Crippen molar-refractivity contribution in [1.82, 2.24) is 4.98 Å². The second-order valence-electron chi connectivity index (χ2n) is 8.90. The third kappa shape index (κ3) is 3.54. The van der Waals surface area contributed by atoms with E-state index in [0.717, 1.165) is 23.2 Å². The van der Waals surface area contributed by atoms with E-state index in [1.807, 2.05) is 42.6 Å². The van der Waals surface area contributed by atoms with Crippen molar-refractivity contribution in [2.45, 2.75) is 44.6 Å². The number of nitriles is 1. The first-order valence-electron chi connectivity index (χ1n) is 11.1. The van der Waals surface area contributed by atoms with Crippen molar-refractivity contribution in [3.63, 3.8) is 0 Å². The standard InChI is InChI=1S/C26H26N2O2/c27-15-18-5-1-2-6-21(18)19-10-12-20(28-16-19)11-9-17-13-25-24(14-26(29)30-25)23-8-4-3-7-22(17)23/h1-2,5-6,9-12,16-17,22-25H,3-4,7-8,13-14H2/b11-9+/t17-,22+,23-,24+,25+/m1/s1. The topological polar surface area (TPSA) is 63.0 Å². The van der Waals surface area contributed by atoms with Gasteiger partial charge in [0.25, 0.3) is 0 Å². The van der Waals surface area contributed by atoms with Crippen LogP contribution in [0.1, 0.15) is 49.8 Å². The molecule has 3 aliphatic rings. The molecule has 4 heteroatoms. The fourth-order valence-corrected chi connectivity index (χ4v) is 5.91. The average Bonchev–Trinajstić information content (AvgIpc) is 3.18. The first-order valence-corrected chi connectivity index (χ1v) is 11.1. The number of allylic oxidation sites excluding steroid dienone is 1. The zero-order chi connectivity index (χ0) is 20.5. The zero-order valence-corrected chi connectivity index (χ0v) is 17.0. The zero-order valence-electron chi connectivity index (χ0n) is 17.0. The molecule has 1 aliphatic heterocycles. The fraction of sp³-hybridized carbons (Fsp3) is 0.423. The normalized spacial score (nSPS) is 30.4. The number of nitrogens with zero attached hydrogens (tertiary/aromatic N) is 2. The molecule has 0 radical (unpaired) electrons. The van der Waals surface area contributed by atoms with Crippen LogP contribution in [0.5, 0.6) is 0 Å². The molecule has 2 heterocycles. The number of benzene rings is 1. The van der Waals surface area contributed by atoms with Crippen LogP contribution in [0.4, 0.5) is 0 Å². The van der Waals surface area contributed by atoms with Crippen molar-refractivity contribution >= 4 is 12.0 Å². The van der Waals surface area contributed by atoms with Crippen LogP contribution >= 0.6 is 0 Å². The number of fused-ring (bicyclic) bond motifs is 3. The lowest BCUT2D eigenvalue weighted by Gasteiger charge is -2.45. The Morgan fingerprint density at radius 1 is 1.07 bits per heavy atom. The Balaban J connectivity index is 1.34. The Bertz CT molecular complexity index is 1000. The lowest BCUT2D eigenvalue weighted by Crippen LogP contribution is -2.42. The smallest absolute Gasteiger partial charge is 0.306 e. The van der Waals surface area contributed by atoms with E-state index in [2.05, 4.69) is 23.2 Å². The molecule has 0 amide bonds. The fourth-order valence-electron chi connectivity index (χ4n) is 5.91. The van der Waals surface area contributed by atoms with Crippen LogP contribution < -0.4 is 0 Å². The molecule has 5 rings (SSSR count). The number of hydrogen-bond donors (Lipinski definition) is 0. The van der Waals surface area contributed by atoms with Gasteiger partial charge in [0, 0.05) is 23.2 Å². The van der Waals surface area contributed by atoms with Crippen molar-refractivity contribution in [2.75, 3.05) is 0 Å². The first-order chi connectivity index (χ1) is 14.7. The highest BCUT2D eigenvalue weighted by atomic mass is 16.5. The Morgan fingerprint density at radius 2 is 1.90 bits per heavy atom. The number of carbonyl (C=O) groups excluding carboxylic acids is 1. The lowest BCUT2D eigenvalue weighted by atomic mass is 9.60. The van der Waals surface area contributed by atoms with Gasteiger partial charge in [-0.05, 0) is 55.2 Å². The summed E-state index contributed by atoms with van der Waals surface area (Å²) in [5, 5.41) is 9.33. The number of aromatic nitrogens is 1. The predicted octanol–water partition coefficient (Wildman–Crippen LogP) is 5.39. The quantitative estimate of drug-likeness (QED) is 0.650. The molecule has 0 spiro atoms. The molecule has 30 heavy (non-hydrogen) atoms. The van der Waals surface area contributed by atoms with E-state index < -0.39 is 0 Å². The van der Waals surface area contributed by atoms with Crippen molar-refractivity contribution in [3.8, 4) is 17.2 Å². The molecule has 1 aromatic heterocycles. The number of rotatable bonds is 3. The molecule has 2 aliphatic carbocycles. The number of ether oxygens (including phenoxy) is 1. The van der Waals surface area contributed by atoms with Crippen LogP contribution in [0.2, 0.25) is 0 Å². The monoisotopic (exact) mass is 398 g/mol.